The van der Waals surface area contributed by atoms with Crippen molar-refractivity contribution >= 4 is 35.0 Å². The molecule has 1 saturated heterocycles. The Balaban J connectivity index is 1.75. The normalized spacial score (nSPS) is 13.2. The van der Waals surface area contributed by atoms with E-state index in [4.69, 9.17) is 6.42 Å². The van der Waals surface area contributed by atoms with E-state index in [0.717, 1.165) is 4.90 Å². The fourth-order valence-electron chi connectivity index (χ4n) is 2.84. The Kier molecular flexibility index (Phi) is 5.51. The number of para-hydroxylation sites is 1. The zero-order chi connectivity index (χ0) is 20.1. The van der Waals surface area contributed by atoms with Gasteiger partial charge in [0.05, 0.1) is 23.5 Å². The Morgan fingerprint density at radius 3 is 2.25 bits per heavy atom. The van der Waals surface area contributed by atoms with Crippen molar-refractivity contribution < 1.29 is 19.2 Å². The summed E-state index contributed by atoms with van der Waals surface area (Å²) in [5.41, 5.74) is 1.38. The molecule has 1 heterocycles. The molecule has 2 aromatic rings. The second-order valence-corrected chi connectivity index (χ2v) is 6.06. The molecule has 7 nitrogen and oxygen atoms in total. The standard InChI is InChI=1S/C21H17N3O4/c1-2-13-22-21(28)16-5-3-4-6-17(16)23-20(27)14-7-9-15(10-8-14)24-18(25)11-12-19(24)26/h1,3-10H,11-13H2,(H,22,28)(H,23,27). The molecule has 1 aliphatic rings. The summed E-state index contributed by atoms with van der Waals surface area (Å²) in [6.45, 7) is 0.0799. The van der Waals surface area contributed by atoms with E-state index in [1.165, 1.54) is 12.1 Å². The molecule has 140 valence electrons. The van der Waals surface area contributed by atoms with Crippen molar-refractivity contribution in [3.63, 3.8) is 0 Å². The van der Waals surface area contributed by atoms with Crippen LogP contribution in [0.25, 0.3) is 0 Å². The van der Waals surface area contributed by atoms with Gasteiger partial charge in [0, 0.05) is 18.4 Å². The van der Waals surface area contributed by atoms with Crippen LogP contribution in [0.15, 0.2) is 48.5 Å². The smallest absolute Gasteiger partial charge is 0.255 e. The van der Waals surface area contributed by atoms with Gasteiger partial charge in [-0.25, -0.2) is 0 Å². The minimum atomic E-state index is -0.428. The first-order valence-electron chi connectivity index (χ1n) is 8.59. The molecular formula is C21H17N3O4. The van der Waals surface area contributed by atoms with E-state index in [1.54, 1.807) is 36.4 Å². The van der Waals surface area contributed by atoms with E-state index in [0.29, 0.717) is 16.9 Å². The van der Waals surface area contributed by atoms with Crippen LogP contribution in [0.2, 0.25) is 0 Å². The number of carbonyl (C=O) groups is 4. The first-order chi connectivity index (χ1) is 13.5. The van der Waals surface area contributed by atoms with Crippen molar-refractivity contribution in [2.24, 2.45) is 0 Å². The van der Waals surface area contributed by atoms with Gasteiger partial charge in [-0.2, -0.15) is 0 Å². The number of benzene rings is 2. The highest BCUT2D eigenvalue weighted by Crippen LogP contribution is 2.23. The molecular weight excluding hydrogens is 358 g/mol. The van der Waals surface area contributed by atoms with Crippen LogP contribution < -0.4 is 15.5 Å². The fourth-order valence-corrected chi connectivity index (χ4v) is 2.84. The van der Waals surface area contributed by atoms with E-state index in [9.17, 15) is 19.2 Å². The largest absolute Gasteiger partial charge is 0.341 e. The van der Waals surface area contributed by atoms with Crippen LogP contribution in [0.3, 0.4) is 0 Å². The Morgan fingerprint density at radius 1 is 0.964 bits per heavy atom. The highest BCUT2D eigenvalue weighted by molar-refractivity contribution is 6.20. The lowest BCUT2D eigenvalue weighted by atomic mass is 10.1. The third kappa shape index (κ3) is 3.91. The third-order valence-corrected chi connectivity index (χ3v) is 4.21. The van der Waals surface area contributed by atoms with Crippen molar-refractivity contribution in [3.8, 4) is 12.3 Å². The number of amides is 4. The van der Waals surface area contributed by atoms with E-state index in [1.807, 2.05) is 0 Å². The lowest BCUT2D eigenvalue weighted by Crippen LogP contribution is -2.28. The van der Waals surface area contributed by atoms with Crippen molar-refractivity contribution in [2.75, 3.05) is 16.8 Å². The number of nitrogens with zero attached hydrogens (tertiary/aromatic N) is 1. The molecule has 0 aromatic heterocycles. The highest BCUT2D eigenvalue weighted by atomic mass is 16.2. The average Bonchev–Trinajstić information content (AvgIpc) is 3.04. The predicted molar refractivity (Wildman–Crippen MR) is 104 cm³/mol. The second kappa shape index (κ2) is 8.18. The first kappa shape index (κ1) is 18.9. The summed E-state index contributed by atoms with van der Waals surface area (Å²) >= 11 is 0. The Labute approximate surface area is 161 Å². The summed E-state index contributed by atoms with van der Waals surface area (Å²) in [5, 5.41) is 5.25. The molecule has 0 saturated carbocycles. The van der Waals surface area contributed by atoms with Crippen molar-refractivity contribution in [1.29, 1.82) is 0 Å². The summed E-state index contributed by atoms with van der Waals surface area (Å²) in [7, 11) is 0. The number of carbonyl (C=O) groups excluding carboxylic acids is 4. The summed E-state index contributed by atoms with van der Waals surface area (Å²) in [5.74, 6) is 0.986. The van der Waals surface area contributed by atoms with Gasteiger partial charge in [-0.05, 0) is 36.4 Å². The van der Waals surface area contributed by atoms with Gasteiger partial charge in [0.15, 0.2) is 0 Å². The maximum absolute atomic E-state index is 12.5. The maximum Gasteiger partial charge on any atom is 0.255 e. The lowest BCUT2D eigenvalue weighted by molar-refractivity contribution is -0.121. The number of nitrogens with one attached hydrogen (secondary N) is 2. The molecule has 2 N–H and O–H groups in total. The predicted octanol–water partition coefficient (Wildman–Crippen LogP) is 1.96. The molecule has 0 aliphatic carbocycles. The first-order valence-corrected chi connectivity index (χ1v) is 8.59. The van der Waals surface area contributed by atoms with Gasteiger partial charge in [-0.1, -0.05) is 18.1 Å². The van der Waals surface area contributed by atoms with Crippen molar-refractivity contribution in [2.45, 2.75) is 12.8 Å². The van der Waals surface area contributed by atoms with Crippen LogP contribution in [0.1, 0.15) is 33.6 Å². The minimum Gasteiger partial charge on any atom is -0.341 e. The quantitative estimate of drug-likeness (QED) is 0.617. The molecule has 28 heavy (non-hydrogen) atoms. The summed E-state index contributed by atoms with van der Waals surface area (Å²) in [6, 6.07) is 12.7. The van der Waals surface area contributed by atoms with Crippen LogP contribution in [-0.2, 0) is 9.59 Å². The van der Waals surface area contributed by atoms with Gasteiger partial charge in [-0.3, -0.25) is 24.1 Å². The summed E-state index contributed by atoms with van der Waals surface area (Å²) < 4.78 is 0. The Bertz CT molecular complexity index is 973. The number of hydrogen-bond acceptors (Lipinski definition) is 4. The van der Waals surface area contributed by atoms with E-state index in [2.05, 4.69) is 16.6 Å². The van der Waals surface area contributed by atoms with Crippen LogP contribution in [0, 0.1) is 12.3 Å². The molecule has 3 rings (SSSR count). The molecule has 0 radical (unpaired) electrons. The van der Waals surface area contributed by atoms with Gasteiger partial charge in [0.1, 0.15) is 0 Å². The molecule has 0 bridgehead atoms. The van der Waals surface area contributed by atoms with Gasteiger partial charge in [0.2, 0.25) is 11.8 Å². The molecule has 0 spiro atoms. The second-order valence-electron chi connectivity index (χ2n) is 6.06. The molecule has 0 unspecified atom stereocenters. The zero-order valence-corrected chi connectivity index (χ0v) is 14.9. The number of hydrogen-bond donors (Lipinski definition) is 2. The number of anilines is 2. The molecule has 4 amide bonds. The third-order valence-electron chi connectivity index (χ3n) is 4.21. The Morgan fingerprint density at radius 2 is 1.61 bits per heavy atom. The maximum atomic E-state index is 12.5. The van der Waals surface area contributed by atoms with Gasteiger partial charge >= 0.3 is 0 Å². The average molecular weight is 375 g/mol. The highest BCUT2D eigenvalue weighted by Gasteiger charge is 2.30. The van der Waals surface area contributed by atoms with Gasteiger partial charge in [0.25, 0.3) is 11.8 Å². The molecule has 1 aliphatic heterocycles. The lowest BCUT2D eigenvalue weighted by Gasteiger charge is -2.14. The monoisotopic (exact) mass is 375 g/mol. The topological polar surface area (TPSA) is 95.6 Å². The van der Waals surface area contributed by atoms with Crippen molar-refractivity contribution in [1.82, 2.24) is 5.32 Å². The molecule has 1 fully saturated rings. The molecule has 2 aromatic carbocycles. The van der Waals surface area contributed by atoms with Gasteiger partial charge < -0.3 is 10.6 Å². The van der Waals surface area contributed by atoms with Crippen LogP contribution in [0.5, 0.6) is 0 Å². The minimum absolute atomic E-state index is 0.0799. The number of terminal acetylenes is 1. The number of rotatable bonds is 5. The zero-order valence-electron chi connectivity index (χ0n) is 14.9. The fraction of sp³-hybridized carbons (Fsp3) is 0.143. The van der Waals surface area contributed by atoms with Gasteiger partial charge in [-0.15, -0.1) is 6.42 Å². The Hall–Kier alpha value is -3.92. The summed E-state index contributed by atoms with van der Waals surface area (Å²) in [4.78, 5) is 49.4. The number of imide groups is 1. The van der Waals surface area contributed by atoms with E-state index >= 15 is 0 Å². The van der Waals surface area contributed by atoms with Crippen molar-refractivity contribution in [3.05, 3.63) is 59.7 Å². The van der Waals surface area contributed by atoms with Crippen LogP contribution in [0.4, 0.5) is 11.4 Å². The van der Waals surface area contributed by atoms with Crippen LogP contribution >= 0.6 is 0 Å². The molecule has 0 atom stereocenters. The van der Waals surface area contributed by atoms with E-state index < -0.39 is 11.8 Å². The molecule has 7 heteroatoms. The summed E-state index contributed by atoms with van der Waals surface area (Å²) in [6.07, 6.45) is 5.53. The van der Waals surface area contributed by atoms with E-state index in [-0.39, 0.29) is 36.8 Å². The van der Waals surface area contributed by atoms with Crippen LogP contribution in [-0.4, -0.2) is 30.2 Å². The SMILES string of the molecule is C#CCNC(=O)c1ccccc1NC(=O)c1ccc(N2C(=O)CCC2=O)cc1.